The number of hydrogen-bond donors (Lipinski definition) is 0. The minimum atomic E-state index is -5.31. The molecule has 1 fully saturated rings. The van der Waals surface area contributed by atoms with Crippen molar-refractivity contribution in [1.29, 1.82) is 0 Å². The van der Waals surface area contributed by atoms with Crippen molar-refractivity contribution in [3.63, 3.8) is 0 Å². The average Bonchev–Trinajstić information content (AvgIpc) is 3.13. The van der Waals surface area contributed by atoms with Gasteiger partial charge in [-0.05, 0) is 44.3 Å². The Morgan fingerprint density at radius 2 is 1.33 bits per heavy atom. The van der Waals surface area contributed by atoms with E-state index in [1.54, 1.807) is 6.92 Å². The average molecular weight is 793 g/mol. The molecule has 0 radical (unpaired) electrons. The third kappa shape index (κ3) is 10.0. The van der Waals surface area contributed by atoms with Crippen molar-refractivity contribution in [2.75, 3.05) is 28.4 Å². The third-order valence-corrected chi connectivity index (χ3v) is 9.58. The van der Waals surface area contributed by atoms with E-state index in [4.69, 9.17) is 38.2 Å². The molecule has 17 heteroatoms. The van der Waals surface area contributed by atoms with Gasteiger partial charge in [0.15, 0.2) is 0 Å². The van der Waals surface area contributed by atoms with Crippen molar-refractivity contribution in [2.24, 2.45) is 5.92 Å². The molecule has 1 aliphatic rings. The van der Waals surface area contributed by atoms with Crippen molar-refractivity contribution in [3.05, 3.63) is 83.4 Å². The Labute approximate surface area is 315 Å². The summed E-state index contributed by atoms with van der Waals surface area (Å²) in [7, 11) is 3.98. The van der Waals surface area contributed by atoms with E-state index in [0.717, 1.165) is 24.3 Å². The van der Waals surface area contributed by atoms with Gasteiger partial charge in [0.25, 0.3) is 11.2 Å². The molecule has 1 heterocycles. The molecule has 1 aliphatic heterocycles. The summed E-state index contributed by atoms with van der Waals surface area (Å²) >= 11 is 0. The third-order valence-electron chi connectivity index (χ3n) is 9.58. The predicted octanol–water partition coefficient (Wildman–Crippen LogP) is 7.42. The van der Waals surface area contributed by atoms with Gasteiger partial charge in [0.1, 0.15) is 18.3 Å². The molecule has 306 valence electrons. The van der Waals surface area contributed by atoms with Gasteiger partial charge in [0, 0.05) is 45.3 Å². The van der Waals surface area contributed by atoms with E-state index in [0.29, 0.717) is 14.2 Å². The minimum Gasteiger partial charge on any atom is -0.469 e. The van der Waals surface area contributed by atoms with Gasteiger partial charge in [0.05, 0.1) is 13.5 Å². The number of hydrogen-bond acceptors (Lipinski definition) is 11. The van der Waals surface area contributed by atoms with Gasteiger partial charge in [-0.15, -0.1) is 0 Å². The number of methoxy groups -OCH3 is 4. The van der Waals surface area contributed by atoms with E-state index >= 15 is 0 Å². The van der Waals surface area contributed by atoms with Crippen LogP contribution in [-0.4, -0.2) is 82.8 Å². The van der Waals surface area contributed by atoms with Gasteiger partial charge in [-0.3, -0.25) is 4.79 Å². The van der Waals surface area contributed by atoms with E-state index in [1.807, 2.05) is 0 Å². The standard InChI is InChI=1S/C38H46F6O11/c1-24(26(3)52-32(46)35(50-6,37(39,40)41)27-15-10-8-11-16-27)21-29(53-33(47)36(51-7,38(42,43)44)28-17-12-9-13-18-28)19-14-20-34(49-5)23-25(2)30(54-55-34)22-31(45)48-4/h8-13,15-18,21,25-26,29-30H,14,19-20,22-23H2,1-7H3/b24-21+/t25-,26-,29-,30-,34+,35-,36-/m0/s1. The molecule has 3 rings (SSSR count). The zero-order chi connectivity index (χ0) is 41.2. The van der Waals surface area contributed by atoms with Crippen molar-refractivity contribution in [1.82, 2.24) is 0 Å². The number of halogens is 6. The molecule has 0 unspecified atom stereocenters. The highest BCUT2D eigenvalue weighted by Crippen LogP contribution is 2.45. The zero-order valence-electron chi connectivity index (χ0n) is 31.5. The van der Waals surface area contributed by atoms with Crippen LogP contribution < -0.4 is 0 Å². The second-order valence-electron chi connectivity index (χ2n) is 13.1. The van der Waals surface area contributed by atoms with Crippen LogP contribution in [0.1, 0.15) is 64.0 Å². The summed E-state index contributed by atoms with van der Waals surface area (Å²) in [6.45, 7) is 4.37. The first-order valence-electron chi connectivity index (χ1n) is 17.2. The van der Waals surface area contributed by atoms with Gasteiger partial charge in [-0.25, -0.2) is 19.4 Å². The van der Waals surface area contributed by atoms with Crippen LogP contribution in [0.2, 0.25) is 0 Å². The summed E-state index contributed by atoms with van der Waals surface area (Å²) in [6.07, 6.45) is -12.9. The van der Waals surface area contributed by atoms with E-state index in [-0.39, 0.29) is 43.6 Å². The topological polar surface area (TPSA) is 125 Å². The van der Waals surface area contributed by atoms with E-state index in [1.165, 1.54) is 70.5 Å². The molecule has 7 atom stereocenters. The Morgan fingerprint density at radius 1 is 0.836 bits per heavy atom. The molecular formula is C38H46F6O11. The van der Waals surface area contributed by atoms with Crippen LogP contribution in [0.4, 0.5) is 26.3 Å². The molecule has 2 aromatic carbocycles. The molecule has 2 aromatic rings. The molecule has 0 aliphatic carbocycles. The fraction of sp³-hybridized carbons (Fsp3) is 0.553. The highest BCUT2D eigenvalue weighted by molar-refractivity contribution is 5.83. The molecule has 0 aromatic heterocycles. The van der Waals surface area contributed by atoms with Crippen LogP contribution in [0.3, 0.4) is 0 Å². The SMILES string of the molecule is COC(=O)C[C@@H]1OO[C@@](CCC[C@@H](/C=C(\C)[C@H](C)OC(=O)[C@@](OC)(c2ccccc2)C(F)(F)F)OC(=O)[C@@](OC)(c2ccccc2)C(F)(F)F)(OC)C[C@@H]1C. The molecule has 0 N–H and O–H groups in total. The fourth-order valence-electron chi connectivity index (χ4n) is 6.25. The molecule has 0 spiro atoms. The maximum absolute atomic E-state index is 14.8. The lowest BCUT2D eigenvalue weighted by molar-refractivity contribution is -0.475. The molecule has 55 heavy (non-hydrogen) atoms. The van der Waals surface area contributed by atoms with Gasteiger partial charge in [0.2, 0.25) is 5.79 Å². The highest BCUT2D eigenvalue weighted by Gasteiger charge is 2.65. The molecule has 11 nitrogen and oxygen atoms in total. The number of esters is 3. The van der Waals surface area contributed by atoms with E-state index < -0.39 is 76.7 Å². The smallest absolute Gasteiger partial charge is 0.432 e. The van der Waals surface area contributed by atoms with Crippen LogP contribution in [0.15, 0.2) is 72.3 Å². The minimum absolute atomic E-state index is 0.0269. The first-order valence-corrected chi connectivity index (χ1v) is 17.2. The Bertz CT molecular complexity index is 1600. The number of alkyl halides is 6. The van der Waals surface area contributed by atoms with Crippen LogP contribution in [0, 0.1) is 5.92 Å². The van der Waals surface area contributed by atoms with Crippen molar-refractivity contribution < 1.29 is 78.9 Å². The number of benzene rings is 2. The van der Waals surface area contributed by atoms with Gasteiger partial charge in [-0.2, -0.15) is 26.3 Å². The normalized spacial score (nSPS) is 22.7. The largest absolute Gasteiger partial charge is 0.469 e. The van der Waals surface area contributed by atoms with Crippen molar-refractivity contribution in [2.45, 2.75) is 101 Å². The monoisotopic (exact) mass is 792 g/mol. The van der Waals surface area contributed by atoms with Gasteiger partial charge >= 0.3 is 30.3 Å². The first-order chi connectivity index (χ1) is 25.8. The van der Waals surface area contributed by atoms with E-state index in [9.17, 15) is 40.7 Å². The van der Waals surface area contributed by atoms with E-state index in [2.05, 4.69) is 0 Å². The van der Waals surface area contributed by atoms with Crippen LogP contribution in [-0.2, 0) is 63.8 Å². The van der Waals surface area contributed by atoms with Crippen molar-refractivity contribution in [3.8, 4) is 0 Å². The zero-order valence-corrected chi connectivity index (χ0v) is 31.5. The second kappa shape index (κ2) is 18.7. The summed E-state index contributed by atoms with van der Waals surface area (Å²) in [5, 5.41) is 0. The lowest BCUT2D eigenvalue weighted by atomic mass is 9.89. The number of carbonyl (C=O) groups is 3. The maximum atomic E-state index is 14.8. The lowest BCUT2D eigenvalue weighted by Crippen LogP contribution is -2.52. The predicted molar refractivity (Wildman–Crippen MR) is 182 cm³/mol. The summed E-state index contributed by atoms with van der Waals surface area (Å²) in [5.41, 5.74) is -8.17. The molecule has 0 saturated carbocycles. The lowest BCUT2D eigenvalue weighted by Gasteiger charge is -2.41. The molecule has 1 saturated heterocycles. The van der Waals surface area contributed by atoms with Crippen LogP contribution in [0.5, 0.6) is 0 Å². The summed E-state index contributed by atoms with van der Waals surface area (Å²) in [5.74, 6) is -5.80. The number of carbonyl (C=O) groups excluding carboxylic acids is 3. The Balaban J connectivity index is 1.95. The first kappa shape index (κ1) is 45.4. The summed E-state index contributed by atoms with van der Waals surface area (Å²) in [4.78, 5) is 49.8. The Morgan fingerprint density at radius 3 is 1.75 bits per heavy atom. The van der Waals surface area contributed by atoms with Crippen LogP contribution in [0.25, 0.3) is 0 Å². The second-order valence-corrected chi connectivity index (χ2v) is 13.1. The number of ether oxygens (including phenoxy) is 6. The fourth-order valence-corrected chi connectivity index (χ4v) is 6.25. The molecular weight excluding hydrogens is 746 g/mol. The van der Waals surface area contributed by atoms with Gasteiger partial charge < -0.3 is 28.4 Å². The Kier molecular flexibility index (Phi) is 15.5. The Hall–Kier alpha value is -4.03. The van der Waals surface area contributed by atoms with Gasteiger partial charge in [-0.1, -0.05) is 67.6 Å². The summed E-state index contributed by atoms with van der Waals surface area (Å²) in [6, 6.07) is 12.2. The highest BCUT2D eigenvalue weighted by atomic mass is 19.4. The maximum Gasteiger partial charge on any atom is 0.432 e. The number of rotatable bonds is 17. The quantitative estimate of drug-likeness (QED) is 0.0523. The van der Waals surface area contributed by atoms with Crippen LogP contribution >= 0.6 is 0 Å². The molecule has 0 bridgehead atoms. The molecule has 0 amide bonds. The summed E-state index contributed by atoms with van der Waals surface area (Å²) < 4.78 is 119. The van der Waals surface area contributed by atoms with Crippen molar-refractivity contribution >= 4 is 17.9 Å².